The van der Waals surface area contributed by atoms with Crippen molar-refractivity contribution in [3.63, 3.8) is 0 Å². The molecule has 1 aliphatic rings. The van der Waals surface area contributed by atoms with Crippen LogP contribution >= 0.6 is 0 Å². The number of nitrogens with zero attached hydrogens (tertiary/aromatic N) is 2. The van der Waals surface area contributed by atoms with Gasteiger partial charge in [-0.1, -0.05) is 6.42 Å². The van der Waals surface area contributed by atoms with Gasteiger partial charge in [0, 0.05) is 11.6 Å². The van der Waals surface area contributed by atoms with E-state index in [9.17, 15) is 4.79 Å². The Hall–Kier alpha value is -1.45. The molecule has 80 valence electrons. The van der Waals surface area contributed by atoms with Crippen LogP contribution < -0.4 is 0 Å². The largest absolute Gasteiger partial charge is 0.464 e. The van der Waals surface area contributed by atoms with Crippen molar-refractivity contribution in [3.05, 3.63) is 23.3 Å². The topological polar surface area (TPSA) is 52.1 Å². The number of rotatable bonds is 2. The SMILES string of the molecule is COC(=O)c1cc(C2CCC2)nc(C)n1. The third-order valence-corrected chi connectivity index (χ3v) is 2.78. The first-order valence-electron chi connectivity index (χ1n) is 5.14. The third kappa shape index (κ3) is 1.98. The van der Waals surface area contributed by atoms with Crippen LogP contribution in [0, 0.1) is 6.92 Å². The third-order valence-electron chi connectivity index (χ3n) is 2.78. The quantitative estimate of drug-likeness (QED) is 0.693. The molecule has 4 heteroatoms. The number of methoxy groups -OCH3 is 1. The summed E-state index contributed by atoms with van der Waals surface area (Å²) in [5.74, 6) is 0.760. The molecule has 1 fully saturated rings. The maximum Gasteiger partial charge on any atom is 0.356 e. The molecule has 0 bridgehead atoms. The van der Waals surface area contributed by atoms with Crippen molar-refractivity contribution in [2.24, 2.45) is 0 Å². The van der Waals surface area contributed by atoms with Gasteiger partial charge in [0.2, 0.25) is 0 Å². The van der Waals surface area contributed by atoms with Crippen molar-refractivity contribution in [2.45, 2.75) is 32.1 Å². The maximum absolute atomic E-state index is 11.3. The lowest BCUT2D eigenvalue weighted by Crippen LogP contribution is -2.14. The van der Waals surface area contributed by atoms with Gasteiger partial charge >= 0.3 is 5.97 Å². The number of hydrogen-bond acceptors (Lipinski definition) is 4. The fourth-order valence-corrected chi connectivity index (χ4v) is 1.71. The molecular formula is C11H14N2O2. The minimum atomic E-state index is -0.388. The van der Waals surface area contributed by atoms with Crippen LogP contribution in [0.5, 0.6) is 0 Å². The lowest BCUT2D eigenvalue weighted by atomic mass is 9.82. The maximum atomic E-state index is 11.3. The molecule has 1 saturated carbocycles. The van der Waals surface area contributed by atoms with Crippen LogP contribution in [0.25, 0.3) is 0 Å². The molecule has 1 aliphatic carbocycles. The Morgan fingerprint density at radius 1 is 1.47 bits per heavy atom. The first-order chi connectivity index (χ1) is 7.20. The van der Waals surface area contributed by atoms with Gasteiger partial charge in [0.25, 0.3) is 0 Å². The molecule has 0 radical (unpaired) electrons. The standard InChI is InChI=1S/C11H14N2O2/c1-7-12-9(8-4-3-5-8)6-10(13-7)11(14)15-2/h6,8H,3-5H2,1-2H3. The summed E-state index contributed by atoms with van der Waals surface area (Å²) in [6.45, 7) is 1.80. The fourth-order valence-electron chi connectivity index (χ4n) is 1.71. The van der Waals surface area contributed by atoms with Gasteiger partial charge in [0.1, 0.15) is 5.82 Å². The minimum absolute atomic E-state index is 0.368. The van der Waals surface area contributed by atoms with Crippen molar-refractivity contribution in [1.82, 2.24) is 9.97 Å². The number of ether oxygens (including phenoxy) is 1. The van der Waals surface area contributed by atoms with Gasteiger partial charge in [-0.25, -0.2) is 14.8 Å². The van der Waals surface area contributed by atoms with Gasteiger partial charge in [-0.3, -0.25) is 0 Å². The van der Waals surface area contributed by atoms with Crippen molar-refractivity contribution in [3.8, 4) is 0 Å². The summed E-state index contributed by atoms with van der Waals surface area (Å²) in [4.78, 5) is 19.7. The van der Waals surface area contributed by atoms with Gasteiger partial charge < -0.3 is 4.74 Å². The van der Waals surface area contributed by atoms with E-state index in [1.165, 1.54) is 13.5 Å². The highest BCUT2D eigenvalue weighted by Crippen LogP contribution is 2.35. The van der Waals surface area contributed by atoms with Gasteiger partial charge in [0.05, 0.1) is 7.11 Å². The number of carbonyl (C=O) groups is 1. The Labute approximate surface area is 88.7 Å². The van der Waals surface area contributed by atoms with E-state index in [-0.39, 0.29) is 5.97 Å². The minimum Gasteiger partial charge on any atom is -0.464 e. The fraction of sp³-hybridized carbons (Fsp3) is 0.545. The normalized spacial score (nSPS) is 15.9. The lowest BCUT2D eigenvalue weighted by Gasteiger charge is -2.24. The number of esters is 1. The molecule has 0 aromatic carbocycles. The van der Waals surface area contributed by atoms with E-state index in [2.05, 4.69) is 14.7 Å². The van der Waals surface area contributed by atoms with E-state index in [4.69, 9.17) is 0 Å². The molecule has 0 spiro atoms. The van der Waals surface area contributed by atoms with Crippen molar-refractivity contribution < 1.29 is 9.53 Å². The second-order valence-corrected chi connectivity index (χ2v) is 3.84. The van der Waals surface area contributed by atoms with E-state index in [1.807, 2.05) is 0 Å². The highest BCUT2D eigenvalue weighted by Gasteiger charge is 2.22. The van der Waals surface area contributed by atoms with Gasteiger partial charge in [-0.2, -0.15) is 0 Å². The first kappa shape index (κ1) is 10.1. The van der Waals surface area contributed by atoms with Crippen molar-refractivity contribution in [2.75, 3.05) is 7.11 Å². The Kier molecular flexibility index (Phi) is 2.66. The highest BCUT2D eigenvalue weighted by atomic mass is 16.5. The highest BCUT2D eigenvalue weighted by molar-refractivity contribution is 5.87. The van der Waals surface area contributed by atoms with E-state index in [1.54, 1.807) is 13.0 Å². The van der Waals surface area contributed by atoms with Gasteiger partial charge in [-0.15, -0.1) is 0 Å². The number of aryl methyl sites for hydroxylation is 1. The molecular weight excluding hydrogens is 192 g/mol. The zero-order valence-corrected chi connectivity index (χ0v) is 8.99. The zero-order valence-electron chi connectivity index (χ0n) is 8.99. The van der Waals surface area contributed by atoms with E-state index in [0.717, 1.165) is 18.5 Å². The van der Waals surface area contributed by atoms with Crippen LogP contribution in [0.4, 0.5) is 0 Å². The summed E-state index contributed by atoms with van der Waals surface area (Å²) >= 11 is 0. The smallest absolute Gasteiger partial charge is 0.356 e. The summed E-state index contributed by atoms with van der Waals surface area (Å²) in [6.07, 6.45) is 3.58. The second-order valence-electron chi connectivity index (χ2n) is 3.84. The van der Waals surface area contributed by atoms with Crippen molar-refractivity contribution >= 4 is 5.97 Å². The molecule has 0 saturated heterocycles. The Bertz CT molecular complexity index is 386. The predicted octanol–water partition coefficient (Wildman–Crippen LogP) is 1.84. The molecule has 4 nitrogen and oxygen atoms in total. The Balaban J connectivity index is 2.31. The number of hydrogen-bond donors (Lipinski definition) is 0. The van der Waals surface area contributed by atoms with E-state index in [0.29, 0.717) is 17.4 Å². The van der Waals surface area contributed by atoms with Crippen LogP contribution in [-0.2, 0) is 4.74 Å². The molecule has 0 amide bonds. The van der Waals surface area contributed by atoms with Crippen LogP contribution in [0.2, 0.25) is 0 Å². The van der Waals surface area contributed by atoms with Gasteiger partial charge in [0.15, 0.2) is 5.69 Å². The Morgan fingerprint density at radius 2 is 2.20 bits per heavy atom. The first-order valence-corrected chi connectivity index (χ1v) is 5.14. The number of carbonyl (C=O) groups excluding carboxylic acids is 1. The van der Waals surface area contributed by atoms with E-state index < -0.39 is 0 Å². The molecule has 15 heavy (non-hydrogen) atoms. The molecule has 1 aromatic heterocycles. The molecule has 0 N–H and O–H groups in total. The summed E-state index contributed by atoms with van der Waals surface area (Å²) in [5, 5.41) is 0. The second kappa shape index (κ2) is 3.96. The van der Waals surface area contributed by atoms with Crippen LogP contribution in [-0.4, -0.2) is 23.0 Å². The average molecular weight is 206 g/mol. The molecule has 0 atom stereocenters. The summed E-state index contributed by atoms with van der Waals surface area (Å²) in [5.41, 5.74) is 1.35. The number of aromatic nitrogens is 2. The van der Waals surface area contributed by atoms with Gasteiger partial charge in [-0.05, 0) is 25.8 Å². The molecule has 2 rings (SSSR count). The van der Waals surface area contributed by atoms with Crippen LogP contribution in [0.1, 0.15) is 47.2 Å². The summed E-state index contributed by atoms with van der Waals surface area (Å²) in [7, 11) is 1.36. The van der Waals surface area contributed by atoms with E-state index >= 15 is 0 Å². The summed E-state index contributed by atoms with van der Waals surface area (Å²) < 4.78 is 4.65. The monoisotopic (exact) mass is 206 g/mol. The van der Waals surface area contributed by atoms with Crippen LogP contribution in [0.15, 0.2) is 6.07 Å². The average Bonchev–Trinajstić information content (AvgIpc) is 2.13. The molecule has 1 heterocycles. The molecule has 1 aromatic rings. The Morgan fingerprint density at radius 3 is 2.73 bits per heavy atom. The molecule has 0 unspecified atom stereocenters. The van der Waals surface area contributed by atoms with Crippen LogP contribution in [0.3, 0.4) is 0 Å². The predicted molar refractivity (Wildman–Crippen MR) is 54.7 cm³/mol. The summed E-state index contributed by atoms with van der Waals surface area (Å²) in [6, 6.07) is 1.75. The lowest BCUT2D eigenvalue weighted by molar-refractivity contribution is 0.0593. The molecule has 0 aliphatic heterocycles. The zero-order chi connectivity index (χ0) is 10.8. The van der Waals surface area contributed by atoms with Crippen molar-refractivity contribution in [1.29, 1.82) is 0 Å².